The van der Waals surface area contributed by atoms with Gasteiger partial charge in [-0.05, 0) is 42.7 Å². The number of carbonyl (C=O) groups is 3. The maximum atomic E-state index is 14.5. The molecule has 3 amide bonds. The van der Waals surface area contributed by atoms with Crippen LogP contribution in [0.3, 0.4) is 0 Å². The molecule has 2 aliphatic rings. The lowest BCUT2D eigenvalue weighted by molar-refractivity contribution is -0.149. The van der Waals surface area contributed by atoms with Gasteiger partial charge in [0.05, 0.1) is 29.0 Å². The van der Waals surface area contributed by atoms with E-state index >= 15 is 0 Å². The minimum absolute atomic E-state index is 0.0334. The predicted octanol–water partition coefficient (Wildman–Crippen LogP) is 5.60. The lowest BCUT2D eigenvalue weighted by Gasteiger charge is -2.51. The van der Waals surface area contributed by atoms with Crippen LogP contribution in [0.4, 0.5) is 13.6 Å². The fourth-order valence-corrected chi connectivity index (χ4v) is 6.97. The summed E-state index contributed by atoms with van der Waals surface area (Å²) >= 11 is 0. The van der Waals surface area contributed by atoms with Gasteiger partial charge in [-0.2, -0.15) is 0 Å². The second-order valence-corrected chi connectivity index (χ2v) is 14.1. The number of benzene rings is 1. The molecule has 1 aromatic heterocycles. The van der Waals surface area contributed by atoms with Crippen LogP contribution in [-0.4, -0.2) is 105 Å². The summed E-state index contributed by atoms with van der Waals surface area (Å²) in [5.74, 6) is -3.95. The van der Waals surface area contributed by atoms with Crippen molar-refractivity contribution in [2.45, 2.75) is 91.3 Å². The number of imidazole rings is 1. The van der Waals surface area contributed by atoms with Gasteiger partial charge < -0.3 is 29.1 Å². The molecule has 10 nitrogen and oxygen atoms in total. The summed E-state index contributed by atoms with van der Waals surface area (Å²) in [6.45, 7) is 11.0. The number of alkyl halides is 2. The van der Waals surface area contributed by atoms with E-state index in [9.17, 15) is 28.3 Å². The van der Waals surface area contributed by atoms with Gasteiger partial charge in [-0.3, -0.25) is 9.59 Å². The topological polar surface area (TPSA) is 108 Å². The highest BCUT2D eigenvalue weighted by atomic mass is 19.3. The summed E-state index contributed by atoms with van der Waals surface area (Å²) in [5, 5.41) is 10.4. The van der Waals surface area contributed by atoms with E-state index in [4.69, 9.17) is 9.72 Å². The monoisotopic (exact) mass is 633 g/mol. The number of nitrogens with zero attached hydrogens (tertiary/aromatic N) is 5. The third-order valence-electron chi connectivity index (χ3n) is 9.00. The van der Waals surface area contributed by atoms with Crippen LogP contribution in [0, 0.1) is 17.3 Å². The standard InChI is InChI=1S/C33H49F2N5O5/c1-22(2)20-39(30(42)28-36-25-11-7-8-12-26(25)38(28)15-9-10-18-45-6)23-19-24(27(32(3,4)5)40(21-23)31(43)44)29(41)37-16-13-33(34,35)14-17-37/h7-8,11-12,22-24,27H,9-10,13-21H2,1-6H3,(H,43,44)/t23-,24+,27?/m0/s1. The molecule has 0 radical (unpaired) electrons. The molecule has 2 aliphatic heterocycles. The summed E-state index contributed by atoms with van der Waals surface area (Å²) in [6.07, 6.45) is -0.211. The van der Waals surface area contributed by atoms with E-state index in [2.05, 4.69) is 0 Å². The Bertz CT molecular complexity index is 1350. The molecule has 3 heterocycles. The Balaban J connectivity index is 1.73. The first-order valence-electron chi connectivity index (χ1n) is 16.1. The zero-order valence-electron chi connectivity index (χ0n) is 27.5. The van der Waals surface area contributed by atoms with Crippen molar-refractivity contribution in [1.29, 1.82) is 0 Å². The van der Waals surface area contributed by atoms with E-state index in [-0.39, 0.29) is 49.6 Å². The molecule has 1 aromatic carbocycles. The van der Waals surface area contributed by atoms with Crippen molar-refractivity contribution in [3.05, 3.63) is 30.1 Å². The van der Waals surface area contributed by atoms with Crippen molar-refractivity contribution in [3.8, 4) is 0 Å². The summed E-state index contributed by atoms with van der Waals surface area (Å²) < 4.78 is 35.1. The Hall–Kier alpha value is -3.28. The van der Waals surface area contributed by atoms with Gasteiger partial charge in [0.25, 0.3) is 11.8 Å². The third kappa shape index (κ3) is 7.93. The number of fused-ring (bicyclic) bond motifs is 1. The molecule has 0 aliphatic carbocycles. The van der Waals surface area contributed by atoms with Crippen molar-refractivity contribution in [2.75, 3.05) is 39.9 Å². The van der Waals surface area contributed by atoms with Crippen LogP contribution in [0.15, 0.2) is 24.3 Å². The smallest absolute Gasteiger partial charge is 0.407 e. The van der Waals surface area contributed by atoms with Crippen LogP contribution in [-0.2, 0) is 16.1 Å². The number of piperidine rings is 2. The lowest BCUT2D eigenvalue weighted by atomic mass is 9.72. The number of likely N-dealkylation sites (tertiary alicyclic amines) is 2. The molecule has 250 valence electrons. The van der Waals surface area contributed by atoms with E-state index in [0.29, 0.717) is 25.2 Å². The molecule has 1 unspecified atom stereocenters. The van der Waals surface area contributed by atoms with Crippen molar-refractivity contribution < 1.29 is 33.0 Å². The van der Waals surface area contributed by atoms with Gasteiger partial charge in [0.2, 0.25) is 5.91 Å². The first kappa shape index (κ1) is 34.6. The van der Waals surface area contributed by atoms with E-state index in [0.717, 1.165) is 18.4 Å². The van der Waals surface area contributed by atoms with Crippen LogP contribution in [0.5, 0.6) is 0 Å². The van der Waals surface area contributed by atoms with E-state index in [1.54, 1.807) is 12.0 Å². The highest BCUT2D eigenvalue weighted by molar-refractivity contribution is 5.95. The normalized spacial score (nSPS) is 22.2. The van der Waals surface area contributed by atoms with Crippen LogP contribution >= 0.6 is 0 Å². The molecule has 0 bridgehead atoms. The molecule has 0 spiro atoms. The van der Waals surface area contributed by atoms with Crippen LogP contribution in [0.1, 0.15) is 77.3 Å². The highest BCUT2D eigenvalue weighted by Gasteiger charge is 2.51. The summed E-state index contributed by atoms with van der Waals surface area (Å²) in [4.78, 5) is 50.6. The molecule has 2 saturated heterocycles. The van der Waals surface area contributed by atoms with Crippen molar-refractivity contribution in [2.24, 2.45) is 17.3 Å². The van der Waals surface area contributed by atoms with Gasteiger partial charge in [0, 0.05) is 59.3 Å². The summed E-state index contributed by atoms with van der Waals surface area (Å²) in [7, 11) is 1.65. The predicted molar refractivity (Wildman–Crippen MR) is 167 cm³/mol. The van der Waals surface area contributed by atoms with Gasteiger partial charge in [0.1, 0.15) is 0 Å². The highest BCUT2D eigenvalue weighted by Crippen LogP contribution is 2.40. The zero-order valence-corrected chi connectivity index (χ0v) is 27.5. The largest absolute Gasteiger partial charge is 0.465 e. The average Bonchev–Trinajstić information content (AvgIpc) is 3.34. The first-order valence-corrected chi connectivity index (χ1v) is 16.1. The molecule has 2 fully saturated rings. The van der Waals surface area contributed by atoms with Crippen molar-refractivity contribution in [3.63, 3.8) is 0 Å². The number of halogens is 2. The molecular weight excluding hydrogens is 584 g/mol. The van der Waals surface area contributed by atoms with Gasteiger partial charge in [0.15, 0.2) is 5.82 Å². The molecule has 45 heavy (non-hydrogen) atoms. The minimum atomic E-state index is -2.82. The summed E-state index contributed by atoms with van der Waals surface area (Å²) in [6, 6.07) is 6.26. The maximum Gasteiger partial charge on any atom is 0.407 e. The Morgan fingerprint density at radius 1 is 1.13 bits per heavy atom. The number of para-hydroxylation sites is 2. The lowest BCUT2D eigenvalue weighted by Crippen LogP contribution is -2.65. The SMILES string of the molecule is COCCCCn1c(C(=O)N(CC(C)C)[C@H]2C[C@@H](C(=O)N3CCC(F)(F)CC3)C(C(C)(C)C)N(C(=O)O)C2)nc2ccccc21. The number of methoxy groups -OCH3 is 1. The molecule has 0 saturated carbocycles. The number of carbonyl (C=O) groups excluding carboxylic acids is 2. The Morgan fingerprint density at radius 3 is 2.40 bits per heavy atom. The Morgan fingerprint density at radius 2 is 1.80 bits per heavy atom. The van der Waals surface area contributed by atoms with Crippen molar-refractivity contribution >= 4 is 28.9 Å². The number of hydrogen-bond donors (Lipinski definition) is 1. The Labute approximate surface area is 264 Å². The molecule has 12 heteroatoms. The number of unbranched alkanes of at least 4 members (excludes halogenated alkanes) is 1. The Kier molecular flexibility index (Phi) is 10.8. The van der Waals surface area contributed by atoms with E-state index in [1.165, 1.54) is 9.80 Å². The van der Waals surface area contributed by atoms with E-state index < -0.39 is 48.3 Å². The molecule has 2 aromatic rings. The number of rotatable bonds is 10. The van der Waals surface area contributed by atoms with Gasteiger partial charge in [-0.15, -0.1) is 0 Å². The number of ether oxygens (including phenoxy) is 1. The maximum absolute atomic E-state index is 14.5. The fraction of sp³-hybridized carbons (Fsp3) is 0.697. The zero-order chi connectivity index (χ0) is 33.1. The van der Waals surface area contributed by atoms with Gasteiger partial charge in [-0.1, -0.05) is 46.8 Å². The number of hydrogen-bond acceptors (Lipinski definition) is 5. The van der Waals surface area contributed by atoms with Gasteiger partial charge in [-0.25, -0.2) is 18.6 Å². The molecular formula is C33H49F2N5O5. The third-order valence-corrected chi connectivity index (χ3v) is 9.00. The van der Waals surface area contributed by atoms with Crippen LogP contribution < -0.4 is 0 Å². The molecule has 3 atom stereocenters. The molecule has 4 rings (SSSR count). The minimum Gasteiger partial charge on any atom is -0.465 e. The second-order valence-electron chi connectivity index (χ2n) is 14.1. The van der Waals surface area contributed by atoms with Crippen molar-refractivity contribution in [1.82, 2.24) is 24.3 Å². The van der Waals surface area contributed by atoms with Crippen LogP contribution in [0.25, 0.3) is 11.0 Å². The first-order chi connectivity index (χ1) is 21.1. The number of aryl methyl sites for hydroxylation is 1. The molecule has 1 N–H and O–H groups in total. The fourth-order valence-electron chi connectivity index (χ4n) is 6.97. The second kappa shape index (κ2) is 14.0. The number of aromatic nitrogens is 2. The van der Waals surface area contributed by atoms with Gasteiger partial charge >= 0.3 is 6.09 Å². The van der Waals surface area contributed by atoms with E-state index in [1.807, 2.05) is 63.5 Å². The summed E-state index contributed by atoms with van der Waals surface area (Å²) in [5.41, 5.74) is 0.906. The average molecular weight is 634 g/mol. The quantitative estimate of drug-likeness (QED) is 0.341. The van der Waals surface area contributed by atoms with Crippen LogP contribution in [0.2, 0.25) is 0 Å². The number of carboxylic acid groups (broad SMARTS) is 1. The number of amides is 3.